The minimum atomic E-state index is -4.45. The Morgan fingerprint density at radius 2 is 1.95 bits per heavy atom. The van der Waals surface area contributed by atoms with Crippen molar-refractivity contribution in [3.05, 3.63) is 46.6 Å². The number of rotatable bonds is 3. The van der Waals surface area contributed by atoms with E-state index in [9.17, 15) is 18.0 Å². The molecular weight excluding hydrogens is 305 g/mol. The SMILES string of the molecule is NC(=O)C1=CN(Cc2ccc(Cl)cc2)CC[C@@H]1C(F)(F)F. The number of halogens is 4. The second-order valence-corrected chi connectivity index (χ2v) is 5.36. The Morgan fingerprint density at radius 1 is 1.33 bits per heavy atom. The largest absolute Gasteiger partial charge is 0.396 e. The van der Waals surface area contributed by atoms with Gasteiger partial charge in [-0.1, -0.05) is 23.7 Å². The molecular formula is C14H14ClF3N2O. The third-order valence-electron chi connectivity index (χ3n) is 3.38. The first kappa shape index (κ1) is 15.7. The highest BCUT2D eigenvalue weighted by molar-refractivity contribution is 6.30. The van der Waals surface area contributed by atoms with Crippen LogP contribution >= 0.6 is 11.6 Å². The van der Waals surface area contributed by atoms with E-state index in [1.54, 1.807) is 29.2 Å². The lowest BCUT2D eigenvalue weighted by atomic mass is 9.91. The number of amides is 1. The van der Waals surface area contributed by atoms with Crippen LogP contribution in [0.4, 0.5) is 13.2 Å². The van der Waals surface area contributed by atoms with Gasteiger partial charge in [0, 0.05) is 29.9 Å². The minimum absolute atomic E-state index is 0.175. The standard InChI is InChI=1S/C14H14ClF3N2O/c15-10-3-1-9(2-4-10)7-20-6-5-12(14(16,17)18)11(8-20)13(19)21/h1-4,8,12H,5-7H2,(H2,19,21)/t12-/m0/s1. The van der Waals surface area contributed by atoms with E-state index in [0.29, 0.717) is 11.6 Å². The van der Waals surface area contributed by atoms with Crippen LogP contribution in [-0.4, -0.2) is 23.5 Å². The molecule has 2 N–H and O–H groups in total. The molecule has 21 heavy (non-hydrogen) atoms. The smallest absolute Gasteiger partial charge is 0.373 e. The van der Waals surface area contributed by atoms with Crippen molar-refractivity contribution < 1.29 is 18.0 Å². The van der Waals surface area contributed by atoms with Crippen molar-refractivity contribution in [3.63, 3.8) is 0 Å². The van der Waals surface area contributed by atoms with Gasteiger partial charge in [-0.15, -0.1) is 0 Å². The van der Waals surface area contributed by atoms with Gasteiger partial charge >= 0.3 is 6.18 Å². The number of hydrogen-bond acceptors (Lipinski definition) is 2. The summed E-state index contributed by atoms with van der Waals surface area (Å²) in [6.07, 6.45) is -3.41. The van der Waals surface area contributed by atoms with Gasteiger partial charge in [-0.2, -0.15) is 13.2 Å². The Bertz CT molecular complexity index is 554. The zero-order valence-corrected chi connectivity index (χ0v) is 11.8. The first-order valence-corrected chi connectivity index (χ1v) is 6.72. The van der Waals surface area contributed by atoms with E-state index in [0.717, 1.165) is 5.56 Å². The number of nitrogens with zero attached hydrogens (tertiary/aromatic N) is 1. The average molecular weight is 319 g/mol. The van der Waals surface area contributed by atoms with E-state index in [2.05, 4.69) is 0 Å². The van der Waals surface area contributed by atoms with Gasteiger partial charge in [-0.3, -0.25) is 4.79 Å². The molecule has 1 aliphatic heterocycles. The highest BCUT2D eigenvalue weighted by Crippen LogP contribution is 2.37. The summed E-state index contributed by atoms with van der Waals surface area (Å²) in [5.41, 5.74) is 5.59. The van der Waals surface area contributed by atoms with Gasteiger partial charge < -0.3 is 10.6 Å². The van der Waals surface area contributed by atoms with E-state index >= 15 is 0 Å². The lowest BCUT2D eigenvalue weighted by Gasteiger charge is -2.32. The van der Waals surface area contributed by atoms with Gasteiger partial charge in [0.05, 0.1) is 5.92 Å². The summed E-state index contributed by atoms with van der Waals surface area (Å²) in [6.45, 7) is 0.613. The Hall–Kier alpha value is -1.69. The Labute approximate surface area is 125 Å². The zero-order chi connectivity index (χ0) is 15.6. The van der Waals surface area contributed by atoms with Crippen molar-refractivity contribution in [1.82, 2.24) is 4.90 Å². The monoisotopic (exact) mass is 318 g/mol. The maximum absolute atomic E-state index is 12.9. The molecule has 0 spiro atoms. The molecule has 1 aromatic rings. The molecule has 114 valence electrons. The van der Waals surface area contributed by atoms with Crippen molar-refractivity contribution in [2.75, 3.05) is 6.54 Å². The van der Waals surface area contributed by atoms with Crippen LogP contribution in [0.2, 0.25) is 5.02 Å². The van der Waals surface area contributed by atoms with E-state index in [-0.39, 0.29) is 18.5 Å². The molecule has 1 atom stereocenters. The average Bonchev–Trinajstić information content (AvgIpc) is 2.40. The molecule has 0 saturated heterocycles. The van der Waals surface area contributed by atoms with Crippen LogP contribution in [0.5, 0.6) is 0 Å². The number of carbonyl (C=O) groups is 1. The molecule has 3 nitrogen and oxygen atoms in total. The number of carbonyl (C=O) groups excluding carboxylic acids is 1. The lowest BCUT2D eigenvalue weighted by molar-refractivity contribution is -0.170. The number of nitrogens with two attached hydrogens (primary N) is 1. The summed E-state index contributed by atoms with van der Waals surface area (Å²) in [4.78, 5) is 12.9. The van der Waals surface area contributed by atoms with E-state index < -0.39 is 18.0 Å². The molecule has 0 fully saturated rings. The molecule has 1 aliphatic rings. The third kappa shape index (κ3) is 3.91. The number of alkyl halides is 3. The Kier molecular flexibility index (Phi) is 4.46. The molecule has 0 radical (unpaired) electrons. The summed E-state index contributed by atoms with van der Waals surface area (Å²) < 4.78 is 38.6. The molecule has 1 amide bonds. The molecule has 0 saturated carbocycles. The summed E-state index contributed by atoms with van der Waals surface area (Å²) in [5.74, 6) is -2.81. The van der Waals surface area contributed by atoms with Gasteiger partial charge in [0.15, 0.2) is 0 Å². The van der Waals surface area contributed by atoms with Crippen LogP contribution in [0.15, 0.2) is 36.0 Å². The minimum Gasteiger partial charge on any atom is -0.373 e. The predicted molar refractivity (Wildman–Crippen MR) is 73.3 cm³/mol. The maximum atomic E-state index is 12.9. The molecule has 0 unspecified atom stereocenters. The van der Waals surface area contributed by atoms with Crippen molar-refractivity contribution in [1.29, 1.82) is 0 Å². The van der Waals surface area contributed by atoms with E-state index in [1.807, 2.05) is 0 Å². The Balaban J connectivity index is 2.18. The second kappa shape index (κ2) is 5.97. The molecule has 2 rings (SSSR count). The van der Waals surface area contributed by atoms with Gasteiger partial charge in [0.2, 0.25) is 5.91 Å². The molecule has 0 bridgehead atoms. The summed E-state index contributed by atoms with van der Waals surface area (Å²) >= 11 is 5.78. The fraction of sp³-hybridized carbons (Fsp3) is 0.357. The van der Waals surface area contributed by atoms with Crippen LogP contribution in [0.25, 0.3) is 0 Å². The van der Waals surface area contributed by atoms with Crippen LogP contribution < -0.4 is 5.73 Å². The van der Waals surface area contributed by atoms with Gasteiger partial charge in [-0.25, -0.2) is 0 Å². The van der Waals surface area contributed by atoms with Crippen LogP contribution in [0.1, 0.15) is 12.0 Å². The molecule has 7 heteroatoms. The highest BCUT2D eigenvalue weighted by Gasteiger charge is 2.45. The zero-order valence-electron chi connectivity index (χ0n) is 11.0. The van der Waals surface area contributed by atoms with Crippen molar-refractivity contribution in [2.24, 2.45) is 11.7 Å². The fourth-order valence-electron chi connectivity index (χ4n) is 2.33. The number of primary amides is 1. The topological polar surface area (TPSA) is 46.3 Å². The van der Waals surface area contributed by atoms with Gasteiger partial charge in [0.25, 0.3) is 0 Å². The molecule has 0 aromatic heterocycles. The highest BCUT2D eigenvalue weighted by atomic mass is 35.5. The summed E-state index contributed by atoms with van der Waals surface area (Å²) in [5, 5.41) is 0.586. The van der Waals surface area contributed by atoms with Crippen molar-refractivity contribution in [3.8, 4) is 0 Å². The summed E-state index contributed by atoms with van der Waals surface area (Å²) in [7, 11) is 0. The fourth-order valence-corrected chi connectivity index (χ4v) is 2.45. The van der Waals surface area contributed by atoms with Gasteiger partial charge in [-0.05, 0) is 24.1 Å². The van der Waals surface area contributed by atoms with E-state index in [4.69, 9.17) is 17.3 Å². The molecule has 1 heterocycles. The van der Waals surface area contributed by atoms with Crippen molar-refractivity contribution in [2.45, 2.75) is 19.1 Å². The number of benzene rings is 1. The molecule has 1 aromatic carbocycles. The summed E-state index contributed by atoms with van der Waals surface area (Å²) in [6, 6.07) is 6.99. The second-order valence-electron chi connectivity index (χ2n) is 4.93. The quantitative estimate of drug-likeness (QED) is 0.931. The van der Waals surface area contributed by atoms with Crippen LogP contribution in [-0.2, 0) is 11.3 Å². The lowest BCUT2D eigenvalue weighted by Crippen LogP contribution is -2.39. The maximum Gasteiger partial charge on any atom is 0.396 e. The van der Waals surface area contributed by atoms with Crippen molar-refractivity contribution >= 4 is 17.5 Å². The Morgan fingerprint density at radius 3 is 2.48 bits per heavy atom. The van der Waals surface area contributed by atoms with E-state index in [1.165, 1.54) is 6.20 Å². The van der Waals surface area contributed by atoms with Crippen LogP contribution in [0, 0.1) is 5.92 Å². The van der Waals surface area contributed by atoms with Gasteiger partial charge in [0.1, 0.15) is 0 Å². The normalized spacial score (nSPS) is 19.3. The first-order chi connectivity index (χ1) is 9.77. The first-order valence-electron chi connectivity index (χ1n) is 6.34. The predicted octanol–water partition coefficient (Wildman–Crippen LogP) is 3.09. The van der Waals surface area contributed by atoms with Crippen LogP contribution in [0.3, 0.4) is 0 Å². The number of hydrogen-bond donors (Lipinski definition) is 1. The molecule has 0 aliphatic carbocycles. The third-order valence-corrected chi connectivity index (χ3v) is 3.63.